The number of imidazole rings is 1. The molecule has 5 aliphatic rings. The second kappa shape index (κ2) is 12.1. The summed E-state index contributed by atoms with van der Waals surface area (Å²) in [6.45, 7) is 5.30. The van der Waals surface area contributed by atoms with Gasteiger partial charge in [-0.3, -0.25) is 9.59 Å². The molecule has 5 fully saturated rings. The van der Waals surface area contributed by atoms with Crippen LogP contribution >= 0.6 is 11.6 Å². The molecule has 3 atom stereocenters. The molecule has 1 spiro atoms. The molecule has 3 aliphatic heterocycles. The Kier molecular flexibility index (Phi) is 7.94. The second-order valence-corrected chi connectivity index (χ2v) is 15.6. The molecule has 0 radical (unpaired) electrons. The third kappa shape index (κ3) is 5.35. The molecule has 4 heterocycles. The predicted octanol–water partition coefficient (Wildman–Crippen LogP) is 5.48. The van der Waals surface area contributed by atoms with Crippen LogP contribution in [0.5, 0.6) is 0 Å². The molecule has 8 rings (SSSR count). The molecule has 2 aromatic carbocycles. The molecule has 4 N–H and O–H groups in total. The molecular formula is C37H45ClN6O4. The number of amides is 4. The number of fused-ring (bicyclic) bond motifs is 1. The molecule has 3 saturated heterocycles. The van der Waals surface area contributed by atoms with Crippen molar-refractivity contribution in [2.75, 3.05) is 32.8 Å². The fourth-order valence-electron chi connectivity index (χ4n) is 8.82. The lowest BCUT2D eigenvalue weighted by Crippen LogP contribution is -2.57. The number of urea groups is 1. The Morgan fingerprint density at radius 1 is 1.02 bits per heavy atom. The summed E-state index contributed by atoms with van der Waals surface area (Å²) in [4.78, 5) is 51.4. The zero-order valence-corrected chi connectivity index (χ0v) is 28.3. The van der Waals surface area contributed by atoms with E-state index >= 15 is 0 Å². The molecule has 3 aromatic rings. The lowest BCUT2D eigenvalue weighted by atomic mass is 9.65. The first-order chi connectivity index (χ1) is 23.2. The van der Waals surface area contributed by atoms with Crippen molar-refractivity contribution in [3.63, 3.8) is 0 Å². The molecule has 4 amide bonds. The largest absolute Gasteiger partial charge is 0.381 e. The van der Waals surface area contributed by atoms with Crippen molar-refractivity contribution in [3.8, 4) is 0 Å². The van der Waals surface area contributed by atoms with E-state index in [2.05, 4.69) is 33.9 Å². The van der Waals surface area contributed by atoms with Gasteiger partial charge >= 0.3 is 6.03 Å². The third-order valence-electron chi connectivity index (χ3n) is 12.3. The second-order valence-electron chi connectivity index (χ2n) is 15.2. The van der Waals surface area contributed by atoms with Crippen LogP contribution in [0, 0.1) is 10.8 Å². The van der Waals surface area contributed by atoms with E-state index in [-0.39, 0.29) is 34.6 Å². The first-order valence-corrected chi connectivity index (χ1v) is 18.1. The van der Waals surface area contributed by atoms with Gasteiger partial charge in [0.1, 0.15) is 11.9 Å². The number of hydrogen-bond donors (Lipinski definition) is 4. The number of rotatable bonds is 8. The van der Waals surface area contributed by atoms with Gasteiger partial charge in [0, 0.05) is 49.2 Å². The van der Waals surface area contributed by atoms with E-state index in [1.165, 1.54) is 0 Å². The monoisotopic (exact) mass is 672 g/mol. The number of benzene rings is 2. The summed E-state index contributed by atoms with van der Waals surface area (Å²) in [5, 5.41) is 10.3. The van der Waals surface area contributed by atoms with Crippen molar-refractivity contribution in [3.05, 3.63) is 64.4 Å². The van der Waals surface area contributed by atoms with E-state index in [1.807, 2.05) is 41.3 Å². The van der Waals surface area contributed by atoms with E-state index in [0.29, 0.717) is 43.4 Å². The Morgan fingerprint density at radius 2 is 1.77 bits per heavy atom. The molecule has 10 nitrogen and oxygen atoms in total. The molecular weight excluding hydrogens is 628 g/mol. The normalized spacial score (nSPS) is 24.9. The highest BCUT2D eigenvalue weighted by molar-refractivity contribution is 6.31. The Morgan fingerprint density at radius 3 is 2.46 bits per heavy atom. The van der Waals surface area contributed by atoms with Crippen molar-refractivity contribution >= 4 is 40.5 Å². The summed E-state index contributed by atoms with van der Waals surface area (Å²) in [6.07, 6.45) is 8.08. The molecule has 0 bridgehead atoms. The summed E-state index contributed by atoms with van der Waals surface area (Å²) in [6, 6.07) is 12.9. The maximum Gasteiger partial charge on any atom is 0.318 e. The van der Waals surface area contributed by atoms with Crippen molar-refractivity contribution in [2.24, 2.45) is 10.8 Å². The van der Waals surface area contributed by atoms with Crippen molar-refractivity contribution in [2.45, 2.75) is 88.1 Å². The minimum Gasteiger partial charge on any atom is -0.381 e. The van der Waals surface area contributed by atoms with E-state index in [0.717, 1.165) is 80.2 Å². The average molecular weight is 673 g/mol. The minimum atomic E-state index is -0.837. The number of likely N-dealkylation sites (tertiary alicyclic amines) is 1. The Labute approximate surface area is 286 Å². The van der Waals surface area contributed by atoms with Gasteiger partial charge in [-0.15, -0.1) is 0 Å². The van der Waals surface area contributed by atoms with Crippen LogP contribution in [0.15, 0.2) is 42.5 Å². The minimum absolute atomic E-state index is 0.0489. The third-order valence-corrected chi connectivity index (χ3v) is 12.6. The average Bonchev–Trinajstić information content (AvgIpc) is 3.45. The van der Waals surface area contributed by atoms with Crippen LogP contribution in [0.1, 0.15) is 93.6 Å². The zero-order valence-electron chi connectivity index (χ0n) is 27.6. The number of nitrogens with one attached hydrogen (secondary N) is 4. The summed E-state index contributed by atoms with van der Waals surface area (Å²) < 4.78 is 5.74. The summed E-state index contributed by atoms with van der Waals surface area (Å²) in [5.74, 6) is 0.377. The smallest absolute Gasteiger partial charge is 0.318 e. The van der Waals surface area contributed by atoms with Crippen LogP contribution in [-0.4, -0.2) is 71.6 Å². The van der Waals surface area contributed by atoms with Gasteiger partial charge in [-0.05, 0) is 86.1 Å². The Balaban J connectivity index is 1.16. The topological polar surface area (TPSA) is 128 Å². The van der Waals surface area contributed by atoms with Gasteiger partial charge < -0.3 is 30.6 Å². The van der Waals surface area contributed by atoms with Gasteiger partial charge in [0.05, 0.1) is 22.5 Å². The highest BCUT2D eigenvalue weighted by Gasteiger charge is 2.55. The highest BCUT2D eigenvalue weighted by Crippen LogP contribution is 2.60. The number of carbonyl (C=O) groups excluding carboxylic acids is 3. The Hall–Kier alpha value is -3.63. The zero-order chi connectivity index (χ0) is 33.1. The molecule has 254 valence electrons. The van der Waals surface area contributed by atoms with Gasteiger partial charge in [0.15, 0.2) is 0 Å². The van der Waals surface area contributed by atoms with Crippen molar-refractivity contribution in [1.29, 1.82) is 0 Å². The fraction of sp³-hybridized carbons (Fsp3) is 0.568. The summed E-state index contributed by atoms with van der Waals surface area (Å²) in [5.41, 5.74) is 2.38. The number of halogens is 1. The first-order valence-electron chi connectivity index (χ1n) is 17.7. The van der Waals surface area contributed by atoms with Gasteiger partial charge in [0.2, 0.25) is 11.8 Å². The molecule has 2 saturated carbocycles. The van der Waals surface area contributed by atoms with E-state index in [1.54, 1.807) is 0 Å². The first kappa shape index (κ1) is 31.6. The predicted molar refractivity (Wildman–Crippen MR) is 183 cm³/mol. The Bertz CT molecular complexity index is 1740. The van der Waals surface area contributed by atoms with Crippen LogP contribution in [0.3, 0.4) is 0 Å². The lowest BCUT2D eigenvalue weighted by Gasteiger charge is -2.43. The van der Waals surface area contributed by atoms with Gasteiger partial charge in [-0.1, -0.05) is 49.2 Å². The van der Waals surface area contributed by atoms with Crippen LogP contribution in [0.2, 0.25) is 5.02 Å². The van der Waals surface area contributed by atoms with Crippen LogP contribution < -0.4 is 16.0 Å². The highest BCUT2D eigenvalue weighted by atomic mass is 35.5. The van der Waals surface area contributed by atoms with E-state index in [4.69, 9.17) is 21.3 Å². The number of hydrogen-bond acceptors (Lipinski definition) is 5. The summed E-state index contributed by atoms with van der Waals surface area (Å²) >= 11 is 6.85. The SMILES string of the molecule is CC1([C@@H](c2ccccc2Cl)[C@H](NC(=O)N2CCCC2)c2nc3ccc(C4(C(=O)N[C@H]5C(=O)NCC56CCC6)CCOCC4)cc3[nH]2)CC1. The van der Waals surface area contributed by atoms with E-state index < -0.39 is 17.5 Å². The van der Waals surface area contributed by atoms with Crippen LogP contribution in [-0.2, 0) is 19.7 Å². The van der Waals surface area contributed by atoms with E-state index in [9.17, 15) is 14.4 Å². The number of H-pyrrole nitrogens is 1. The maximum absolute atomic E-state index is 14.3. The van der Waals surface area contributed by atoms with Crippen LogP contribution in [0.4, 0.5) is 4.79 Å². The summed E-state index contributed by atoms with van der Waals surface area (Å²) in [7, 11) is 0. The number of aromatic amines is 1. The molecule has 48 heavy (non-hydrogen) atoms. The quantitative estimate of drug-likeness (QED) is 0.252. The molecule has 1 aromatic heterocycles. The number of ether oxygens (including phenoxy) is 1. The van der Waals surface area contributed by atoms with Gasteiger partial charge in [-0.2, -0.15) is 0 Å². The number of nitrogens with zero attached hydrogens (tertiary/aromatic N) is 2. The van der Waals surface area contributed by atoms with Crippen molar-refractivity contribution in [1.82, 2.24) is 30.8 Å². The standard InChI is InChI=1S/C37H45ClN6O4/c1-35(13-14-35)28(24-7-2-3-8-25(24)38)29(42-34(47)44-17-4-5-18-44)31-40-26-10-9-23(21-27(26)41-31)37(15-19-48-20-16-37)33(46)43-30-32(45)39-22-36(30)11-6-12-36/h2-3,7-10,21,28-30H,4-6,11-20,22H2,1H3,(H,39,45)(H,40,41)(H,42,47)(H,43,46)/t28-,29-,30-/m0/s1. The van der Waals surface area contributed by atoms with Gasteiger partial charge in [-0.25, -0.2) is 9.78 Å². The fourth-order valence-corrected chi connectivity index (χ4v) is 9.07. The lowest BCUT2D eigenvalue weighted by molar-refractivity contribution is -0.136. The number of carbonyl (C=O) groups is 3. The number of aromatic nitrogens is 2. The molecule has 2 aliphatic carbocycles. The van der Waals surface area contributed by atoms with Gasteiger partial charge in [0.25, 0.3) is 0 Å². The molecule has 0 unspecified atom stereocenters. The van der Waals surface area contributed by atoms with Crippen molar-refractivity contribution < 1.29 is 19.1 Å². The van der Waals surface area contributed by atoms with Crippen LogP contribution in [0.25, 0.3) is 11.0 Å². The molecule has 11 heteroatoms. The maximum atomic E-state index is 14.3.